The zero-order valence-electron chi connectivity index (χ0n) is 10.1. The summed E-state index contributed by atoms with van der Waals surface area (Å²) in [6.45, 7) is 7.03. The lowest BCUT2D eigenvalue weighted by Crippen LogP contribution is -2.36. The quantitative estimate of drug-likeness (QED) is 0.788. The predicted molar refractivity (Wildman–Crippen MR) is 73.6 cm³/mol. The molecule has 3 N–H and O–H groups in total. The van der Waals surface area contributed by atoms with Crippen LogP contribution in [0.5, 0.6) is 0 Å². The lowest BCUT2D eigenvalue weighted by molar-refractivity contribution is 0.353. The van der Waals surface area contributed by atoms with Crippen molar-refractivity contribution in [2.45, 2.75) is 20.3 Å². The second kappa shape index (κ2) is 6.38. The Morgan fingerprint density at radius 1 is 1.31 bits per heavy atom. The van der Waals surface area contributed by atoms with Crippen molar-refractivity contribution in [1.82, 2.24) is 5.32 Å². The van der Waals surface area contributed by atoms with Crippen molar-refractivity contribution in [1.29, 1.82) is 0 Å². The molecular weight excluding hydrogens is 264 g/mol. The summed E-state index contributed by atoms with van der Waals surface area (Å²) in [6.07, 6.45) is 1.04. The fourth-order valence-electron chi connectivity index (χ4n) is 1.42. The number of rotatable bonds is 6. The molecule has 0 aromatic heterocycles. The molecule has 3 heteroatoms. The highest BCUT2D eigenvalue weighted by Gasteiger charge is 2.14. The molecule has 1 aromatic carbocycles. The molecule has 0 aliphatic carbocycles. The largest absolute Gasteiger partial charge is 0.330 e. The molecule has 0 heterocycles. The van der Waals surface area contributed by atoms with E-state index in [1.165, 1.54) is 10.0 Å². The first-order chi connectivity index (χ1) is 7.55. The molecule has 0 bridgehead atoms. The molecule has 0 aliphatic rings. The number of halogens is 1. The van der Waals surface area contributed by atoms with Gasteiger partial charge in [0.2, 0.25) is 0 Å². The maximum Gasteiger partial charge on any atom is 0.0207 e. The molecule has 1 rings (SSSR count). The lowest BCUT2D eigenvalue weighted by atomic mass is 9.94. The summed E-state index contributed by atoms with van der Waals surface area (Å²) >= 11 is 3.55. The van der Waals surface area contributed by atoms with E-state index in [-0.39, 0.29) is 5.41 Å². The van der Waals surface area contributed by atoms with Gasteiger partial charge in [-0.05, 0) is 36.6 Å². The minimum atomic E-state index is 0.188. The summed E-state index contributed by atoms with van der Waals surface area (Å²) in [5.41, 5.74) is 7.21. The molecule has 0 aliphatic heterocycles. The average Bonchev–Trinajstić information content (AvgIpc) is 2.27. The van der Waals surface area contributed by atoms with Gasteiger partial charge in [-0.1, -0.05) is 48.0 Å². The van der Waals surface area contributed by atoms with Crippen molar-refractivity contribution >= 4 is 15.9 Å². The van der Waals surface area contributed by atoms with Crippen LogP contribution in [0.25, 0.3) is 0 Å². The van der Waals surface area contributed by atoms with Crippen LogP contribution in [0.3, 0.4) is 0 Å². The van der Waals surface area contributed by atoms with Crippen molar-refractivity contribution in [3.8, 4) is 0 Å². The van der Waals surface area contributed by atoms with Crippen LogP contribution in [0.2, 0.25) is 0 Å². The number of hydrogen-bond acceptors (Lipinski definition) is 2. The minimum Gasteiger partial charge on any atom is -0.330 e. The Labute approximate surface area is 107 Å². The van der Waals surface area contributed by atoms with Gasteiger partial charge < -0.3 is 11.1 Å². The van der Waals surface area contributed by atoms with Gasteiger partial charge in [0, 0.05) is 11.0 Å². The molecule has 0 radical (unpaired) electrons. The minimum absolute atomic E-state index is 0.188. The van der Waals surface area contributed by atoms with E-state index < -0.39 is 0 Å². The molecule has 0 fully saturated rings. The summed E-state index contributed by atoms with van der Waals surface area (Å²) < 4.78 is 1.19. The zero-order chi connectivity index (χ0) is 12.0. The zero-order valence-corrected chi connectivity index (χ0v) is 11.7. The molecule has 16 heavy (non-hydrogen) atoms. The van der Waals surface area contributed by atoms with E-state index >= 15 is 0 Å². The van der Waals surface area contributed by atoms with Crippen molar-refractivity contribution < 1.29 is 0 Å². The third-order valence-corrected chi connectivity index (χ3v) is 3.46. The van der Waals surface area contributed by atoms with Crippen molar-refractivity contribution in [2.75, 3.05) is 19.6 Å². The molecule has 90 valence electrons. The molecular formula is C13H21BrN2. The lowest BCUT2D eigenvalue weighted by Gasteiger charge is -2.22. The van der Waals surface area contributed by atoms with Gasteiger partial charge in [-0.3, -0.25) is 0 Å². The number of nitrogens with two attached hydrogens (primary N) is 1. The first-order valence-corrected chi connectivity index (χ1v) is 6.49. The van der Waals surface area contributed by atoms with E-state index in [1.807, 2.05) is 6.07 Å². The highest BCUT2D eigenvalue weighted by atomic mass is 79.9. The summed E-state index contributed by atoms with van der Waals surface area (Å²) in [5.74, 6) is 0. The normalized spacial score (nSPS) is 11.8. The van der Waals surface area contributed by atoms with Crippen molar-refractivity contribution in [3.05, 3.63) is 34.3 Å². The van der Waals surface area contributed by atoms with Crippen LogP contribution in [-0.2, 0) is 6.42 Å². The Bertz CT molecular complexity index is 323. The van der Waals surface area contributed by atoms with Gasteiger partial charge in [-0.15, -0.1) is 0 Å². The van der Waals surface area contributed by atoms with Gasteiger partial charge in [-0.25, -0.2) is 0 Å². The van der Waals surface area contributed by atoms with E-state index in [1.54, 1.807) is 0 Å². The molecule has 2 nitrogen and oxygen atoms in total. The van der Waals surface area contributed by atoms with Crippen LogP contribution < -0.4 is 11.1 Å². The third kappa shape index (κ3) is 4.64. The Balaban J connectivity index is 2.29. The van der Waals surface area contributed by atoms with Gasteiger partial charge >= 0.3 is 0 Å². The monoisotopic (exact) mass is 284 g/mol. The van der Waals surface area contributed by atoms with Gasteiger partial charge in [0.25, 0.3) is 0 Å². The number of hydrogen-bond donors (Lipinski definition) is 2. The van der Waals surface area contributed by atoms with E-state index in [9.17, 15) is 0 Å². The van der Waals surface area contributed by atoms with Crippen LogP contribution in [0.15, 0.2) is 28.7 Å². The Hall–Kier alpha value is -0.380. The van der Waals surface area contributed by atoms with Gasteiger partial charge in [-0.2, -0.15) is 0 Å². The molecule has 0 saturated heterocycles. The van der Waals surface area contributed by atoms with Crippen LogP contribution >= 0.6 is 15.9 Å². The SMILES string of the molecule is CC(C)(CN)CNCCc1ccccc1Br. The summed E-state index contributed by atoms with van der Waals surface area (Å²) in [5, 5.41) is 3.45. The standard InChI is InChI=1S/C13H21BrN2/c1-13(2,9-15)10-16-8-7-11-5-3-4-6-12(11)14/h3-6,16H,7-10,15H2,1-2H3. The first-order valence-electron chi connectivity index (χ1n) is 5.69. The molecule has 0 unspecified atom stereocenters. The Kier molecular flexibility index (Phi) is 5.46. The highest BCUT2D eigenvalue weighted by Crippen LogP contribution is 2.16. The van der Waals surface area contributed by atoms with Crippen molar-refractivity contribution in [3.63, 3.8) is 0 Å². The average molecular weight is 285 g/mol. The van der Waals surface area contributed by atoms with Gasteiger partial charge in [0.15, 0.2) is 0 Å². The highest BCUT2D eigenvalue weighted by molar-refractivity contribution is 9.10. The second-order valence-electron chi connectivity index (χ2n) is 4.89. The summed E-state index contributed by atoms with van der Waals surface area (Å²) in [7, 11) is 0. The molecule has 1 aromatic rings. The molecule has 0 spiro atoms. The Morgan fingerprint density at radius 2 is 2.00 bits per heavy atom. The second-order valence-corrected chi connectivity index (χ2v) is 5.74. The maximum absolute atomic E-state index is 5.68. The van der Waals surface area contributed by atoms with E-state index in [4.69, 9.17) is 5.73 Å². The van der Waals surface area contributed by atoms with Crippen LogP contribution in [-0.4, -0.2) is 19.6 Å². The fourth-order valence-corrected chi connectivity index (χ4v) is 1.91. The topological polar surface area (TPSA) is 38.0 Å². The molecule has 0 amide bonds. The van der Waals surface area contributed by atoms with Gasteiger partial charge in [0.05, 0.1) is 0 Å². The number of benzene rings is 1. The van der Waals surface area contributed by atoms with E-state index in [2.05, 4.69) is 53.3 Å². The van der Waals surface area contributed by atoms with E-state index in [0.717, 1.165) is 26.1 Å². The maximum atomic E-state index is 5.68. The smallest absolute Gasteiger partial charge is 0.0207 e. The van der Waals surface area contributed by atoms with Gasteiger partial charge in [0.1, 0.15) is 0 Å². The molecule has 0 atom stereocenters. The van der Waals surface area contributed by atoms with Crippen LogP contribution in [0, 0.1) is 5.41 Å². The molecule has 0 saturated carbocycles. The van der Waals surface area contributed by atoms with Crippen LogP contribution in [0.4, 0.5) is 0 Å². The first kappa shape index (κ1) is 13.7. The summed E-state index contributed by atoms with van der Waals surface area (Å²) in [4.78, 5) is 0. The Morgan fingerprint density at radius 3 is 2.62 bits per heavy atom. The van der Waals surface area contributed by atoms with Crippen LogP contribution in [0.1, 0.15) is 19.4 Å². The fraction of sp³-hybridized carbons (Fsp3) is 0.538. The predicted octanol–water partition coefficient (Wildman–Crippen LogP) is 2.57. The third-order valence-electron chi connectivity index (χ3n) is 2.69. The number of nitrogens with one attached hydrogen (secondary N) is 1. The van der Waals surface area contributed by atoms with Crippen molar-refractivity contribution in [2.24, 2.45) is 11.1 Å². The van der Waals surface area contributed by atoms with E-state index in [0.29, 0.717) is 0 Å². The summed E-state index contributed by atoms with van der Waals surface area (Å²) in [6, 6.07) is 8.35.